The van der Waals surface area contributed by atoms with Crippen molar-refractivity contribution in [2.75, 3.05) is 0 Å². The molecule has 0 saturated carbocycles. The van der Waals surface area contributed by atoms with E-state index >= 15 is 0 Å². The highest BCUT2D eigenvalue weighted by molar-refractivity contribution is 5.99. The first-order chi connectivity index (χ1) is 11.1. The molecule has 1 unspecified atom stereocenters. The van der Waals surface area contributed by atoms with Crippen molar-refractivity contribution >= 4 is 5.91 Å². The molecular weight excluding hydrogens is 293 g/mol. The van der Waals surface area contributed by atoms with Crippen LogP contribution in [0.4, 0.5) is 4.39 Å². The van der Waals surface area contributed by atoms with Crippen molar-refractivity contribution < 1.29 is 9.18 Å². The van der Waals surface area contributed by atoms with Crippen LogP contribution < -0.4 is 5.32 Å². The zero-order chi connectivity index (χ0) is 16.2. The van der Waals surface area contributed by atoms with Crippen LogP contribution in [0.25, 0.3) is 11.3 Å². The molecule has 0 aliphatic heterocycles. The minimum Gasteiger partial charge on any atom is -0.345 e. The quantitative estimate of drug-likeness (QED) is 0.772. The molecule has 0 fully saturated rings. The first-order valence-electron chi connectivity index (χ1n) is 7.30. The molecule has 4 nitrogen and oxygen atoms in total. The van der Waals surface area contributed by atoms with Gasteiger partial charge in [-0.05, 0) is 36.8 Å². The van der Waals surface area contributed by atoms with Crippen LogP contribution in [0.5, 0.6) is 0 Å². The second-order valence-corrected chi connectivity index (χ2v) is 5.27. The lowest BCUT2D eigenvalue weighted by atomic mass is 10.1. The average molecular weight is 309 g/mol. The average Bonchev–Trinajstić information content (AvgIpc) is 3.06. The number of hydrogen-bond acceptors (Lipinski definition) is 2. The van der Waals surface area contributed by atoms with Crippen LogP contribution in [0, 0.1) is 5.82 Å². The second kappa shape index (κ2) is 6.44. The van der Waals surface area contributed by atoms with Gasteiger partial charge in [-0.15, -0.1) is 0 Å². The topological polar surface area (TPSA) is 57.8 Å². The van der Waals surface area contributed by atoms with Crippen LogP contribution >= 0.6 is 0 Å². The highest BCUT2D eigenvalue weighted by atomic mass is 19.1. The van der Waals surface area contributed by atoms with Gasteiger partial charge in [0.1, 0.15) is 5.82 Å². The number of H-pyrrole nitrogens is 1. The standard InChI is InChI=1S/C18H16FN3O/c1-12(13-5-3-2-4-6-13)21-18(23)16-11-20-22-17(16)14-7-9-15(19)10-8-14/h2-12H,1H3,(H,20,22)(H,21,23). The van der Waals surface area contributed by atoms with Gasteiger partial charge in [-0.3, -0.25) is 9.89 Å². The summed E-state index contributed by atoms with van der Waals surface area (Å²) in [6.45, 7) is 1.92. The molecule has 1 aromatic heterocycles. The summed E-state index contributed by atoms with van der Waals surface area (Å²) in [5.74, 6) is -0.550. The van der Waals surface area contributed by atoms with Crippen molar-refractivity contribution in [1.82, 2.24) is 15.5 Å². The smallest absolute Gasteiger partial charge is 0.255 e. The molecule has 0 spiro atoms. The SMILES string of the molecule is CC(NC(=O)c1cn[nH]c1-c1ccc(F)cc1)c1ccccc1. The van der Waals surface area contributed by atoms with Crippen molar-refractivity contribution in [3.8, 4) is 11.3 Å². The van der Waals surface area contributed by atoms with Crippen molar-refractivity contribution in [1.29, 1.82) is 0 Å². The van der Waals surface area contributed by atoms with E-state index in [4.69, 9.17) is 0 Å². The van der Waals surface area contributed by atoms with Crippen LogP contribution in [0.2, 0.25) is 0 Å². The minimum absolute atomic E-state index is 0.125. The van der Waals surface area contributed by atoms with Gasteiger partial charge in [0.25, 0.3) is 5.91 Å². The predicted octanol–water partition coefficient (Wildman–Crippen LogP) is 3.71. The van der Waals surface area contributed by atoms with Gasteiger partial charge in [0.15, 0.2) is 0 Å². The second-order valence-electron chi connectivity index (χ2n) is 5.27. The van der Waals surface area contributed by atoms with Crippen LogP contribution in [0.1, 0.15) is 28.9 Å². The Kier molecular flexibility index (Phi) is 4.19. The number of nitrogens with one attached hydrogen (secondary N) is 2. The van der Waals surface area contributed by atoms with E-state index in [0.717, 1.165) is 5.56 Å². The van der Waals surface area contributed by atoms with E-state index in [-0.39, 0.29) is 17.8 Å². The number of benzene rings is 2. The highest BCUT2D eigenvalue weighted by Crippen LogP contribution is 2.22. The van der Waals surface area contributed by atoms with E-state index in [0.29, 0.717) is 16.8 Å². The molecule has 3 rings (SSSR count). The van der Waals surface area contributed by atoms with Crippen molar-refractivity contribution in [3.05, 3.63) is 77.7 Å². The minimum atomic E-state index is -0.322. The fraction of sp³-hybridized carbons (Fsp3) is 0.111. The summed E-state index contributed by atoms with van der Waals surface area (Å²) in [5.41, 5.74) is 2.73. The molecular formula is C18H16FN3O. The Bertz CT molecular complexity index is 797. The van der Waals surface area contributed by atoms with Gasteiger partial charge in [-0.1, -0.05) is 30.3 Å². The molecule has 5 heteroatoms. The Morgan fingerprint density at radius 3 is 2.52 bits per heavy atom. The molecule has 1 heterocycles. The van der Waals surface area contributed by atoms with Crippen molar-refractivity contribution in [2.24, 2.45) is 0 Å². The number of carbonyl (C=O) groups is 1. The summed E-state index contributed by atoms with van der Waals surface area (Å²) >= 11 is 0. The monoisotopic (exact) mass is 309 g/mol. The summed E-state index contributed by atoms with van der Waals surface area (Å²) < 4.78 is 13.0. The zero-order valence-corrected chi connectivity index (χ0v) is 12.6. The van der Waals surface area contributed by atoms with E-state index in [1.165, 1.54) is 18.3 Å². The van der Waals surface area contributed by atoms with Crippen LogP contribution in [-0.2, 0) is 0 Å². The first-order valence-corrected chi connectivity index (χ1v) is 7.30. The van der Waals surface area contributed by atoms with Crippen LogP contribution in [0.15, 0.2) is 60.8 Å². The highest BCUT2D eigenvalue weighted by Gasteiger charge is 2.17. The molecule has 2 N–H and O–H groups in total. The van der Waals surface area contributed by atoms with E-state index in [9.17, 15) is 9.18 Å². The van der Waals surface area contributed by atoms with E-state index in [1.807, 2.05) is 37.3 Å². The predicted molar refractivity (Wildman–Crippen MR) is 86.3 cm³/mol. The number of carbonyl (C=O) groups excluding carboxylic acids is 1. The molecule has 0 saturated heterocycles. The normalized spacial score (nSPS) is 11.9. The fourth-order valence-electron chi connectivity index (χ4n) is 2.39. The Hall–Kier alpha value is -2.95. The molecule has 0 aliphatic carbocycles. The van der Waals surface area contributed by atoms with Gasteiger partial charge < -0.3 is 5.32 Å². The molecule has 2 aromatic carbocycles. The molecule has 3 aromatic rings. The number of rotatable bonds is 4. The largest absolute Gasteiger partial charge is 0.345 e. The number of hydrogen-bond donors (Lipinski definition) is 2. The van der Waals surface area contributed by atoms with Gasteiger partial charge >= 0.3 is 0 Å². The number of aromatic nitrogens is 2. The summed E-state index contributed by atoms with van der Waals surface area (Å²) in [7, 11) is 0. The lowest BCUT2D eigenvalue weighted by molar-refractivity contribution is 0.0940. The third kappa shape index (κ3) is 3.29. The zero-order valence-electron chi connectivity index (χ0n) is 12.6. The lowest BCUT2D eigenvalue weighted by Crippen LogP contribution is -2.26. The maximum atomic E-state index is 13.0. The van der Waals surface area contributed by atoms with E-state index in [1.54, 1.807) is 12.1 Å². The number of aromatic amines is 1. The summed E-state index contributed by atoms with van der Waals surface area (Å²) in [4.78, 5) is 12.5. The number of halogens is 1. The van der Waals surface area contributed by atoms with Crippen LogP contribution in [0.3, 0.4) is 0 Å². The van der Waals surface area contributed by atoms with Gasteiger partial charge in [-0.2, -0.15) is 5.10 Å². The van der Waals surface area contributed by atoms with Gasteiger partial charge in [0.2, 0.25) is 0 Å². The van der Waals surface area contributed by atoms with Crippen LogP contribution in [-0.4, -0.2) is 16.1 Å². The van der Waals surface area contributed by atoms with Crippen molar-refractivity contribution in [2.45, 2.75) is 13.0 Å². The van der Waals surface area contributed by atoms with E-state index < -0.39 is 0 Å². The molecule has 23 heavy (non-hydrogen) atoms. The molecule has 1 amide bonds. The van der Waals surface area contributed by atoms with Gasteiger partial charge in [0.05, 0.1) is 23.5 Å². The summed E-state index contributed by atoms with van der Waals surface area (Å²) in [6.07, 6.45) is 1.48. The maximum absolute atomic E-state index is 13.0. The van der Waals surface area contributed by atoms with E-state index in [2.05, 4.69) is 15.5 Å². The first kappa shape index (κ1) is 15.0. The molecule has 0 radical (unpaired) electrons. The maximum Gasteiger partial charge on any atom is 0.255 e. The summed E-state index contributed by atoms with van der Waals surface area (Å²) in [5, 5.41) is 9.69. The van der Waals surface area contributed by atoms with Gasteiger partial charge in [0, 0.05) is 5.56 Å². The Labute approximate surface area is 133 Å². The van der Waals surface area contributed by atoms with Gasteiger partial charge in [-0.25, -0.2) is 4.39 Å². The number of nitrogens with zero attached hydrogens (tertiary/aromatic N) is 1. The summed E-state index contributed by atoms with van der Waals surface area (Å²) in [6, 6.07) is 15.5. The Morgan fingerprint density at radius 1 is 1.13 bits per heavy atom. The third-order valence-corrected chi connectivity index (χ3v) is 3.66. The Morgan fingerprint density at radius 2 is 1.83 bits per heavy atom. The fourth-order valence-corrected chi connectivity index (χ4v) is 2.39. The van der Waals surface area contributed by atoms with Crippen molar-refractivity contribution in [3.63, 3.8) is 0 Å². The number of amides is 1. The Balaban J connectivity index is 1.81. The molecule has 0 bridgehead atoms. The third-order valence-electron chi connectivity index (χ3n) is 3.66. The lowest BCUT2D eigenvalue weighted by Gasteiger charge is -2.14. The molecule has 116 valence electrons. The molecule has 0 aliphatic rings. The molecule has 1 atom stereocenters.